The highest BCUT2D eigenvalue weighted by atomic mass is 32.2. The molecule has 0 radical (unpaired) electrons. The second-order valence-electron chi connectivity index (χ2n) is 7.50. The van der Waals surface area contributed by atoms with Gasteiger partial charge >= 0.3 is 5.97 Å². The van der Waals surface area contributed by atoms with Crippen LogP contribution in [0.5, 0.6) is 5.88 Å². The zero-order valence-corrected chi connectivity index (χ0v) is 19.5. The minimum Gasteiger partial charge on any atom is -0.493 e. The highest BCUT2D eigenvalue weighted by molar-refractivity contribution is 7.92. The van der Waals surface area contributed by atoms with Gasteiger partial charge in [0.05, 0.1) is 26.6 Å². The Balaban J connectivity index is 1.73. The average molecular weight is 510 g/mol. The molecule has 3 aromatic carbocycles. The number of anilines is 1. The van der Waals surface area contributed by atoms with Crippen molar-refractivity contribution in [3.05, 3.63) is 82.4 Å². The first kappa shape index (κ1) is 24.3. The van der Waals surface area contributed by atoms with Crippen molar-refractivity contribution in [3.8, 4) is 5.88 Å². The lowest BCUT2D eigenvalue weighted by Gasteiger charge is -2.10. The average Bonchev–Trinajstić information content (AvgIpc) is 3.12. The maximum absolute atomic E-state index is 12.9. The van der Waals surface area contributed by atoms with E-state index in [-0.39, 0.29) is 28.5 Å². The van der Waals surface area contributed by atoms with Crippen LogP contribution in [0.15, 0.2) is 81.9 Å². The summed E-state index contributed by atoms with van der Waals surface area (Å²) in [6.07, 6.45) is 0. The summed E-state index contributed by atoms with van der Waals surface area (Å²) in [5.74, 6) is -1.51. The third-order valence-corrected chi connectivity index (χ3v) is 6.71. The van der Waals surface area contributed by atoms with E-state index in [1.165, 1.54) is 24.3 Å². The maximum atomic E-state index is 12.9. The number of para-hydroxylation sites is 2. The van der Waals surface area contributed by atoms with Crippen LogP contribution in [0.3, 0.4) is 0 Å². The van der Waals surface area contributed by atoms with Crippen molar-refractivity contribution in [1.29, 1.82) is 0 Å². The normalized spacial score (nSPS) is 11.7. The molecule has 1 aromatic heterocycles. The van der Waals surface area contributed by atoms with Crippen molar-refractivity contribution in [3.63, 3.8) is 0 Å². The fourth-order valence-electron chi connectivity index (χ4n) is 3.66. The minimum atomic E-state index is -4.38. The number of aryl methyl sites for hydroxylation is 1. The van der Waals surface area contributed by atoms with Gasteiger partial charge in [0.2, 0.25) is 5.88 Å². The van der Waals surface area contributed by atoms with Gasteiger partial charge in [-0.15, -0.1) is 10.2 Å². The first-order valence-electron chi connectivity index (χ1n) is 10.5. The van der Waals surface area contributed by atoms with Crippen LogP contribution < -0.4 is 4.72 Å². The first-order valence-corrected chi connectivity index (χ1v) is 12.0. The second-order valence-corrected chi connectivity index (χ2v) is 9.18. The summed E-state index contributed by atoms with van der Waals surface area (Å²) in [6.45, 7) is 2.28. The van der Waals surface area contributed by atoms with Gasteiger partial charge < -0.3 is 14.8 Å². The molecular formula is C23H19N5O7S. The number of nitrogens with zero attached hydrogens (tertiary/aromatic N) is 4. The number of rotatable bonds is 8. The molecule has 0 spiro atoms. The van der Waals surface area contributed by atoms with Crippen molar-refractivity contribution < 1.29 is 28.3 Å². The molecule has 0 saturated carbocycles. The lowest BCUT2D eigenvalue weighted by molar-refractivity contribution is -0.384. The largest absolute Gasteiger partial charge is 0.493 e. The number of nitro benzene ring substituents is 1. The molecule has 12 nitrogen and oxygen atoms in total. The van der Waals surface area contributed by atoms with E-state index >= 15 is 0 Å². The third kappa shape index (κ3) is 4.46. The summed E-state index contributed by atoms with van der Waals surface area (Å²) in [7, 11) is -4.38. The van der Waals surface area contributed by atoms with Gasteiger partial charge in [-0.1, -0.05) is 30.3 Å². The van der Waals surface area contributed by atoms with Crippen LogP contribution in [-0.4, -0.2) is 34.1 Å². The number of aromatic carboxylic acids is 1. The van der Waals surface area contributed by atoms with Crippen molar-refractivity contribution in [2.75, 3.05) is 4.72 Å². The number of nitro groups is 1. The molecule has 0 atom stereocenters. The van der Waals surface area contributed by atoms with Crippen LogP contribution in [0.1, 0.15) is 17.3 Å². The number of carboxylic acid groups (broad SMARTS) is 1. The van der Waals surface area contributed by atoms with Crippen LogP contribution in [0.25, 0.3) is 10.9 Å². The van der Waals surface area contributed by atoms with Gasteiger partial charge in [-0.3, -0.25) is 14.8 Å². The van der Waals surface area contributed by atoms with Crippen molar-refractivity contribution in [1.82, 2.24) is 4.57 Å². The number of aromatic nitrogens is 1. The molecule has 36 heavy (non-hydrogen) atoms. The Labute approximate surface area is 204 Å². The van der Waals surface area contributed by atoms with E-state index in [2.05, 4.69) is 15.0 Å². The molecule has 0 unspecified atom stereocenters. The summed E-state index contributed by atoms with van der Waals surface area (Å²) in [5.41, 5.74) is -0.545. The SMILES string of the molecule is CCn1c(O)c(N=Nc2ccc(S(=O)(=O)Nc3ccccc3C(=O)O)cc2[N+](=O)[O-])c2ccccc21. The Morgan fingerprint density at radius 2 is 1.78 bits per heavy atom. The Bertz CT molecular complexity index is 1640. The topological polar surface area (TPSA) is 176 Å². The predicted octanol–water partition coefficient (Wildman–Crippen LogP) is 5.19. The van der Waals surface area contributed by atoms with Crippen LogP contribution in [0.4, 0.5) is 22.7 Å². The number of fused-ring (bicyclic) bond motifs is 1. The molecule has 4 aromatic rings. The smallest absolute Gasteiger partial charge is 0.337 e. The molecule has 0 aliphatic heterocycles. The monoisotopic (exact) mass is 509 g/mol. The van der Waals surface area contributed by atoms with E-state index in [0.717, 1.165) is 18.2 Å². The van der Waals surface area contributed by atoms with E-state index in [9.17, 15) is 33.5 Å². The summed E-state index contributed by atoms with van der Waals surface area (Å²) < 4.78 is 29.5. The van der Waals surface area contributed by atoms with E-state index in [4.69, 9.17) is 0 Å². The number of carbonyl (C=O) groups is 1. The van der Waals surface area contributed by atoms with Gasteiger partial charge in [0.25, 0.3) is 15.7 Å². The fraction of sp³-hybridized carbons (Fsp3) is 0.0870. The van der Waals surface area contributed by atoms with Crippen LogP contribution in [0, 0.1) is 10.1 Å². The molecule has 0 aliphatic carbocycles. The number of carboxylic acids is 1. The van der Waals surface area contributed by atoms with Crippen molar-refractivity contribution in [2.45, 2.75) is 18.4 Å². The summed E-state index contributed by atoms with van der Waals surface area (Å²) in [6, 6.07) is 15.4. The van der Waals surface area contributed by atoms with Crippen molar-refractivity contribution >= 4 is 49.6 Å². The fourth-order valence-corrected chi connectivity index (χ4v) is 4.76. The molecule has 184 valence electrons. The van der Waals surface area contributed by atoms with Crippen LogP contribution in [-0.2, 0) is 16.6 Å². The second kappa shape index (κ2) is 9.46. The number of aromatic hydroxyl groups is 1. The Kier molecular flexibility index (Phi) is 6.40. The van der Waals surface area contributed by atoms with Crippen molar-refractivity contribution in [2.24, 2.45) is 10.2 Å². The molecule has 3 N–H and O–H groups in total. The lowest BCUT2D eigenvalue weighted by atomic mass is 10.2. The van der Waals surface area contributed by atoms with E-state index in [0.29, 0.717) is 17.4 Å². The number of nitrogens with one attached hydrogen (secondary N) is 1. The van der Waals surface area contributed by atoms with Gasteiger partial charge in [-0.05, 0) is 37.3 Å². The van der Waals surface area contributed by atoms with Gasteiger partial charge in [0, 0.05) is 18.0 Å². The van der Waals surface area contributed by atoms with Gasteiger partial charge in [0.1, 0.15) is 0 Å². The highest BCUT2D eigenvalue weighted by Gasteiger charge is 2.24. The first-order chi connectivity index (χ1) is 17.1. The number of hydrogen-bond donors (Lipinski definition) is 3. The van der Waals surface area contributed by atoms with E-state index in [1.54, 1.807) is 28.8 Å². The zero-order valence-electron chi connectivity index (χ0n) is 18.7. The third-order valence-electron chi connectivity index (χ3n) is 5.35. The Hall–Kier alpha value is -4.78. The summed E-state index contributed by atoms with van der Waals surface area (Å²) in [4.78, 5) is 21.8. The Morgan fingerprint density at radius 3 is 2.47 bits per heavy atom. The van der Waals surface area contributed by atoms with E-state index in [1.807, 2.05) is 6.92 Å². The number of sulfonamides is 1. The molecule has 1 heterocycles. The molecule has 0 fully saturated rings. The molecule has 0 saturated heterocycles. The summed E-state index contributed by atoms with van der Waals surface area (Å²) in [5, 5.41) is 40.1. The van der Waals surface area contributed by atoms with Gasteiger partial charge in [-0.2, -0.15) is 0 Å². The van der Waals surface area contributed by atoms with Gasteiger partial charge in [-0.25, -0.2) is 13.2 Å². The molecular weight excluding hydrogens is 490 g/mol. The lowest BCUT2D eigenvalue weighted by Crippen LogP contribution is -2.15. The molecule has 0 bridgehead atoms. The zero-order chi connectivity index (χ0) is 26.0. The number of benzene rings is 3. The standard InChI is InChI=1S/C23H19N5O7S/c1-2-27-19-10-6-4-8-16(19)21(22(27)29)25-24-18-12-11-14(13-20(18)28(32)33)36(34,35)26-17-9-5-3-7-15(17)23(30)31/h3-13,26,29H,2H2,1H3,(H,30,31). The number of azo groups is 1. The molecule has 4 rings (SSSR count). The predicted molar refractivity (Wildman–Crippen MR) is 131 cm³/mol. The highest BCUT2D eigenvalue weighted by Crippen LogP contribution is 2.40. The molecule has 0 amide bonds. The quantitative estimate of drug-likeness (QED) is 0.166. The van der Waals surface area contributed by atoms with Gasteiger partial charge in [0.15, 0.2) is 11.4 Å². The molecule has 0 aliphatic rings. The molecule has 13 heteroatoms. The minimum absolute atomic E-state index is 0.116. The van der Waals surface area contributed by atoms with Crippen LogP contribution in [0.2, 0.25) is 0 Å². The Morgan fingerprint density at radius 1 is 1.08 bits per heavy atom. The summed E-state index contributed by atoms with van der Waals surface area (Å²) >= 11 is 0. The van der Waals surface area contributed by atoms with E-state index < -0.39 is 31.5 Å². The number of hydrogen-bond acceptors (Lipinski definition) is 8. The maximum Gasteiger partial charge on any atom is 0.337 e. The van der Waals surface area contributed by atoms with Crippen LogP contribution >= 0.6 is 0 Å².